The highest BCUT2D eigenvalue weighted by Crippen LogP contribution is 2.17. The van der Waals surface area contributed by atoms with Gasteiger partial charge < -0.3 is 9.84 Å². The number of ether oxygens (including phenoxy) is 1. The Kier molecular flexibility index (Phi) is 3.32. The normalized spacial score (nSPS) is 12.1. The number of aryl methyl sites for hydroxylation is 1. The second-order valence-corrected chi connectivity index (χ2v) is 4.00. The average molecular weight is 246 g/mol. The van der Waals surface area contributed by atoms with Gasteiger partial charge in [-0.2, -0.15) is 5.10 Å². The van der Waals surface area contributed by atoms with Crippen molar-refractivity contribution in [3.63, 3.8) is 0 Å². The summed E-state index contributed by atoms with van der Waals surface area (Å²) in [6, 6.07) is 9.06. The third-order valence-corrected chi connectivity index (χ3v) is 2.47. The second kappa shape index (κ2) is 4.91. The minimum atomic E-state index is -0.990. The maximum atomic E-state index is 10.7. The molecular weight excluding hydrogens is 232 g/mol. The first-order chi connectivity index (χ1) is 8.56. The lowest BCUT2D eigenvalue weighted by molar-refractivity contribution is -0.144. The van der Waals surface area contributed by atoms with Gasteiger partial charge in [0.15, 0.2) is 6.10 Å². The molecule has 0 saturated heterocycles. The van der Waals surface area contributed by atoms with Crippen LogP contribution in [0.15, 0.2) is 36.5 Å². The number of aromatic nitrogens is 2. The van der Waals surface area contributed by atoms with Crippen molar-refractivity contribution in [3.8, 4) is 11.4 Å². The molecular formula is C13H14N2O3. The predicted molar refractivity (Wildman–Crippen MR) is 66.0 cm³/mol. The van der Waals surface area contributed by atoms with Gasteiger partial charge in [-0.25, -0.2) is 9.48 Å². The van der Waals surface area contributed by atoms with Gasteiger partial charge in [-0.1, -0.05) is 6.07 Å². The van der Waals surface area contributed by atoms with E-state index < -0.39 is 12.1 Å². The molecule has 0 bridgehead atoms. The topological polar surface area (TPSA) is 64.3 Å². The summed E-state index contributed by atoms with van der Waals surface area (Å²) in [7, 11) is 0. The lowest BCUT2D eigenvalue weighted by Crippen LogP contribution is -2.22. The molecule has 0 unspecified atom stereocenters. The number of carboxylic acid groups (broad SMARTS) is 1. The molecule has 94 valence electrons. The Labute approximate surface area is 105 Å². The van der Waals surface area contributed by atoms with Gasteiger partial charge in [0.25, 0.3) is 0 Å². The molecule has 0 spiro atoms. The number of carboxylic acids is 1. The smallest absolute Gasteiger partial charge is 0.344 e. The molecule has 0 fully saturated rings. The number of carbonyl (C=O) groups is 1. The van der Waals surface area contributed by atoms with Crippen molar-refractivity contribution in [1.82, 2.24) is 9.78 Å². The van der Waals surface area contributed by atoms with E-state index in [0.29, 0.717) is 5.75 Å². The van der Waals surface area contributed by atoms with Gasteiger partial charge in [0.05, 0.1) is 11.4 Å². The summed E-state index contributed by atoms with van der Waals surface area (Å²) >= 11 is 0. The van der Waals surface area contributed by atoms with E-state index in [0.717, 1.165) is 11.4 Å². The Hall–Kier alpha value is -2.30. The molecule has 0 amide bonds. The van der Waals surface area contributed by atoms with Crippen LogP contribution in [0.2, 0.25) is 0 Å². The Morgan fingerprint density at radius 2 is 2.22 bits per heavy atom. The van der Waals surface area contributed by atoms with Gasteiger partial charge in [0.2, 0.25) is 0 Å². The summed E-state index contributed by atoms with van der Waals surface area (Å²) < 4.78 is 7.02. The Bertz CT molecular complexity index is 563. The lowest BCUT2D eigenvalue weighted by atomic mass is 10.3. The number of hydrogen-bond donors (Lipinski definition) is 1. The van der Waals surface area contributed by atoms with Crippen LogP contribution in [0.5, 0.6) is 5.75 Å². The van der Waals surface area contributed by atoms with Crippen LogP contribution in [0.3, 0.4) is 0 Å². The van der Waals surface area contributed by atoms with Crippen molar-refractivity contribution in [3.05, 3.63) is 42.2 Å². The van der Waals surface area contributed by atoms with E-state index in [1.54, 1.807) is 22.9 Å². The quantitative estimate of drug-likeness (QED) is 0.896. The molecule has 0 radical (unpaired) electrons. The van der Waals surface area contributed by atoms with E-state index in [9.17, 15) is 4.79 Å². The zero-order valence-corrected chi connectivity index (χ0v) is 10.2. The number of aliphatic carboxylic acids is 1. The van der Waals surface area contributed by atoms with Gasteiger partial charge in [0.1, 0.15) is 5.75 Å². The van der Waals surface area contributed by atoms with Gasteiger partial charge in [-0.05, 0) is 32.0 Å². The predicted octanol–water partition coefficient (Wildman–Crippen LogP) is 2.03. The number of nitrogens with zero attached hydrogens (tertiary/aromatic N) is 2. The number of rotatable bonds is 4. The first kappa shape index (κ1) is 12.2. The van der Waals surface area contributed by atoms with Gasteiger partial charge >= 0.3 is 5.97 Å². The summed E-state index contributed by atoms with van der Waals surface area (Å²) in [5.74, 6) is -0.481. The van der Waals surface area contributed by atoms with Gasteiger partial charge in [-0.15, -0.1) is 0 Å². The summed E-state index contributed by atoms with van der Waals surface area (Å²) in [6.07, 6.45) is 0.967. The molecule has 0 aliphatic rings. The maximum absolute atomic E-state index is 10.7. The molecule has 2 aromatic rings. The van der Waals surface area contributed by atoms with Crippen LogP contribution in [0.25, 0.3) is 5.69 Å². The second-order valence-electron chi connectivity index (χ2n) is 4.00. The molecule has 2 rings (SSSR count). The largest absolute Gasteiger partial charge is 0.479 e. The first-order valence-corrected chi connectivity index (χ1v) is 5.58. The maximum Gasteiger partial charge on any atom is 0.344 e. The van der Waals surface area contributed by atoms with Crippen LogP contribution < -0.4 is 4.74 Å². The molecule has 0 aliphatic carbocycles. The molecule has 1 aromatic heterocycles. The molecule has 0 aliphatic heterocycles. The summed E-state index contributed by atoms with van der Waals surface area (Å²) in [6.45, 7) is 3.40. The highest BCUT2D eigenvalue weighted by atomic mass is 16.5. The highest BCUT2D eigenvalue weighted by Gasteiger charge is 2.12. The van der Waals surface area contributed by atoms with Crippen LogP contribution in [0.1, 0.15) is 12.6 Å². The van der Waals surface area contributed by atoms with Crippen LogP contribution in [0.4, 0.5) is 0 Å². The summed E-state index contributed by atoms with van der Waals surface area (Å²) in [5, 5.41) is 13.1. The molecule has 1 N–H and O–H groups in total. The molecule has 1 aromatic carbocycles. The van der Waals surface area contributed by atoms with Crippen molar-refractivity contribution >= 4 is 5.97 Å². The Balaban J connectivity index is 2.22. The van der Waals surface area contributed by atoms with Crippen molar-refractivity contribution in [2.45, 2.75) is 20.0 Å². The third kappa shape index (κ3) is 2.68. The van der Waals surface area contributed by atoms with Crippen molar-refractivity contribution in [2.24, 2.45) is 0 Å². The van der Waals surface area contributed by atoms with Crippen LogP contribution in [-0.2, 0) is 4.79 Å². The van der Waals surface area contributed by atoms with Gasteiger partial charge in [-0.3, -0.25) is 0 Å². The van der Waals surface area contributed by atoms with Crippen molar-refractivity contribution in [1.29, 1.82) is 0 Å². The van der Waals surface area contributed by atoms with E-state index in [1.165, 1.54) is 6.92 Å². The molecule has 5 heteroatoms. The molecule has 0 saturated carbocycles. The van der Waals surface area contributed by atoms with E-state index in [4.69, 9.17) is 9.84 Å². The fraction of sp³-hybridized carbons (Fsp3) is 0.231. The van der Waals surface area contributed by atoms with Crippen LogP contribution in [0, 0.1) is 6.92 Å². The minimum absolute atomic E-state index is 0.510. The van der Waals surface area contributed by atoms with Crippen molar-refractivity contribution in [2.75, 3.05) is 0 Å². The molecule has 5 nitrogen and oxygen atoms in total. The molecule has 1 atom stereocenters. The first-order valence-electron chi connectivity index (χ1n) is 5.58. The Morgan fingerprint density at radius 1 is 1.44 bits per heavy atom. The minimum Gasteiger partial charge on any atom is -0.479 e. The van der Waals surface area contributed by atoms with Crippen molar-refractivity contribution < 1.29 is 14.6 Å². The van der Waals surface area contributed by atoms with Crippen LogP contribution >= 0.6 is 0 Å². The standard InChI is InChI=1S/C13H14N2O3/c1-9-6-7-15(14-9)11-4-3-5-12(8-11)18-10(2)13(16)17/h3-8,10H,1-2H3,(H,16,17)/t10-/m0/s1. The third-order valence-electron chi connectivity index (χ3n) is 2.47. The SMILES string of the molecule is Cc1ccn(-c2cccc(O[C@@H](C)C(=O)O)c2)n1. The zero-order chi connectivity index (χ0) is 13.1. The van der Waals surface area contributed by atoms with E-state index >= 15 is 0 Å². The zero-order valence-electron chi connectivity index (χ0n) is 10.2. The monoisotopic (exact) mass is 246 g/mol. The summed E-state index contributed by atoms with van der Waals surface area (Å²) in [4.78, 5) is 10.7. The fourth-order valence-electron chi connectivity index (χ4n) is 1.51. The number of benzene rings is 1. The Morgan fingerprint density at radius 3 is 2.83 bits per heavy atom. The fourth-order valence-corrected chi connectivity index (χ4v) is 1.51. The highest BCUT2D eigenvalue weighted by molar-refractivity contribution is 5.72. The van der Waals surface area contributed by atoms with E-state index in [1.807, 2.05) is 25.3 Å². The van der Waals surface area contributed by atoms with Crippen LogP contribution in [-0.4, -0.2) is 27.0 Å². The van der Waals surface area contributed by atoms with Gasteiger partial charge in [0, 0.05) is 12.3 Å². The summed E-state index contributed by atoms with van der Waals surface area (Å²) in [5.41, 5.74) is 1.75. The number of hydrogen-bond acceptors (Lipinski definition) is 3. The lowest BCUT2D eigenvalue weighted by Gasteiger charge is -2.11. The molecule has 1 heterocycles. The van der Waals surface area contributed by atoms with E-state index in [-0.39, 0.29) is 0 Å². The van der Waals surface area contributed by atoms with E-state index in [2.05, 4.69) is 5.10 Å². The average Bonchev–Trinajstić information content (AvgIpc) is 2.76. The molecule has 18 heavy (non-hydrogen) atoms.